The molecule has 1 aromatic heterocycles. The minimum absolute atomic E-state index is 0.159. The van der Waals surface area contributed by atoms with Crippen LogP contribution >= 0.6 is 11.8 Å². The summed E-state index contributed by atoms with van der Waals surface area (Å²) in [6.45, 7) is 0.515. The van der Waals surface area contributed by atoms with Gasteiger partial charge in [-0.25, -0.2) is 4.99 Å². The SMILES string of the molecule is COCCN1C(=O)/C(=C/c2cn(CC(=O)[O-])c3ccccc23)SC1=Nc1ccccc1. The number of fused-ring (bicyclic) bond motifs is 1. The molecule has 0 spiro atoms. The molecule has 0 aliphatic carbocycles. The Morgan fingerprint density at radius 3 is 2.65 bits per heavy atom. The van der Waals surface area contributed by atoms with E-state index in [2.05, 4.69) is 4.99 Å². The van der Waals surface area contributed by atoms with E-state index in [0.29, 0.717) is 23.2 Å². The summed E-state index contributed by atoms with van der Waals surface area (Å²) in [6.07, 6.45) is 3.52. The third-order valence-corrected chi connectivity index (χ3v) is 5.80. The van der Waals surface area contributed by atoms with Crippen molar-refractivity contribution in [3.63, 3.8) is 0 Å². The minimum atomic E-state index is -1.17. The number of carboxylic acid groups (broad SMARTS) is 1. The van der Waals surface area contributed by atoms with Gasteiger partial charge in [0.1, 0.15) is 0 Å². The number of para-hydroxylation sites is 2. The summed E-state index contributed by atoms with van der Waals surface area (Å²) in [5, 5.41) is 12.6. The number of amides is 1. The van der Waals surface area contributed by atoms with Gasteiger partial charge in [-0.05, 0) is 36.0 Å². The van der Waals surface area contributed by atoms with Crippen molar-refractivity contribution < 1.29 is 19.4 Å². The Morgan fingerprint density at radius 1 is 1.16 bits per heavy atom. The van der Waals surface area contributed by atoms with E-state index >= 15 is 0 Å². The Morgan fingerprint density at radius 2 is 1.90 bits per heavy atom. The summed E-state index contributed by atoms with van der Waals surface area (Å²) in [6, 6.07) is 16.9. The largest absolute Gasteiger partial charge is 0.548 e. The molecule has 2 aromatic carbocycles. The molecule has 2 heterocycles. The van der Waals surface area contributed by atoms with Crippen LogP contribution in [0.4, 0.5) is 5.69 Å². The Bertz CT molecular complexity index is 1180. The lowest BCUT2D eigenvalue weighted by Crippen LogP contribution is -2.32. The van der Waals surface area contributed by atoms with Gasteiger partial charge < -0.3 is 19.2 Å². The van der Waals surface area contributed by atoms with Gasteiger partial charge in [0.2, 0.25) is 0 Å². The molecule has 0 bridgehead atoms. The van der Waals surface area contributed by atoms with E-state index < -0.39 is 5.97 Å². The van der Waals surface area contributed by atoms with Crippen LogP contribution in [0.1, 0.15) is 5.56 Å². The highest BCUT2D eigenvalue weighted by molar-refractivity contribution is 8.18. The van der Waals surface area contributed by atoms with Gasteiger partial charge >= 0.3 is 0 Å². The van der Waals surface area contributed by atoms with E-state index in [9.17, 15) is 14.7 Å². The fourth-order valence-corrected chi connectivity index (χ4v) is 4.40. The van der Waals surface area contributed by atoms with E-state index in [1.54, 1.807) is 28.8 Å². The van der Waals surface area contributed by atoms with Gasteiger partial charge in [0.15, 0.2) is 5.17 Å². The van der Waals surface area contributed by atoms with Crippen molar-refractivity contribution in [1.29, 1.82) is 0 Å². The number of rotatable bonds is 7. The van der Waals surface area contributed by atoms with Crippen molar-refractivity contribution in [2.24, 2.45) is 4.99 Å². The number of hydrogen-bond acceptors (Lipinski definition) is 6. The number of aliphatic carboxylic acids is 1. The van der Waals surface area contributed by atoms with Crippen molar-refractivity contribution in [3.05, 3.63) is 71.3 Å². The van der Waals surface area contributed by atoms with Crippen LogP contribution in [0.3, 0.4) is 0 Å². The van der Waals surface area contributed by atoms with Crippen LogP contribution in [0.25, 0.3) is 17.0 Å². The predicted molar refractivity (Wildman–Crippen MR) is 120 cm³/mol. The molecule has 0 N–H and O–H groups in total. The number of carbonyl (C=O) groups is 2. The second-order valence-electron chi connectivity index (χ2n) is 6.89. The lowest BCUT2D eigenvalue weighted by molar-refractivity contribution is -0.306. The average Bonchev–Trinajstić information content (AvgIpc) is 3.25. The third kappa shape index (κ3) is 4.55. The van der Waals surface area contributed by atoms with Gasteiger partial charge in [0.25, 0.3) is 5.91 Å². The van der Waals surface area contributed by atoms with Crippen LogP contribution in [-0.2, 0) is 20.9 Å². The highest BCUT2D eigenvalue weighted by Crippen LogP contribution is 2.35. The van der Waals surface area contributed by atoms with E-state index in [4.69, 9.17) is 4.74 Å². The summed E-state index contributed by atoms with van der Waals surface area (Å²) >= 11 is 1.29. The number of aliphatic imine (C=N–C) groups is 1. The molecule has 0 unspecified atom stereocenters. The van der Waals surface area contributed by atoms with Crippen molar-refractivity contribution in [3.8, 4) is 0 Å². The minimum Gasteiger partial charge on any atom is -0.548 e. The fourth-order valence-electron chi connectivity index (χ4n) is 3.39. The van der Waals surface area contributed by atoms with Gasteiger partial charge in [-0.2, -0.15) is 0 Å². The lowest BCUT2D eigenvalue weighted by atomic mass is 10.1. The zero-order chi connectivity index (χ0) is 21.8. The number of thioether (sulfide) groups is 1. The number of ether oxygens (including phenoxy) is 1. The van der Waals surface area contributed by atoms with Crippen LogP contribution in [0.15, 0.2) is 70.7 Å². The molecule has 1 aliphatic heterocycles. The molecule has 8 heteroatoms. The lowest BCUT2D eigenvalue weighted by Gasteiger charge is -2.14. The monoisotopic (exact) mass is 434 g/mol. The van der Waals surface area contributed by atoms with Gasteiger partial charge in [-0.15, -0.1) is 0 Å². The molecule has 1 aliphatic rings. The second kappa shape index (κ2) is 9.20. The maximum atomic E-state index is 13.1. The summed E-state index contributed by atoms with van der Waals surface area (Å²) in [4.78, 5) is 31.0. The van der Waals surface area contributed by atoms with Gasteiger partial charge in [0.05, 0.1) is 36.3 Å². The van der Waals surface area contributed by atoms with Crippen molar-refractivity contribution in [2.75, 3.05) is 20.3 Å². The summed E-state index contributed by atoms with van der Waals surface area (Å²) in [5.41, 5.74) is 2.29. The maximum absolute atomic E-state index is 13.1. The number of carbonyl (C=O) groups excluding carboxylic acids is 2. The molecule has 158 valence electrons. The number of hydrogen-bond donors (Lipinski definition) is 0. The first-order valence-corrected chi connectivity index (χ1v) is 10.5. The molecule has 0 radical (unpaired) electrons. The van der Waals surface area contributed by atoms with E-state index in [-0.39, 0.29) is 12.5 Å². The number of aromatic nitrogens is 1. The fraction of sp³-hybridized carbons (Fsp3) is 0.174. The van der Waals surface area contributed by atoms with E-state index in [1.165, 1.54) is 11.8 Å². The Kier molecular flexibility index (Phi) is 6.20. The quantitative estimate of drug-likeness (QED) is 0.534. The normalized spacial score (nSPS) is 16.7. The number of carboxylic acids is 1. The van der Waals surface area contributed by atoms with Crippen LogP contribution in [-0.4, -0.2) is 46.8 Å². The smallest absolute Gasteiger partial charge is 0.266 e. The molecule has 7 nitrogen and oxygen atoms in total. The summed E-state index contributed by atoms with van der Waals surface area (Å²) in [5.74, 6) is -1.33. The molecule has 4 rings (SSSR count). The van der Waals surface area contributed by atoms with Gasteiger partial charge in [-0.1, -0.05) is 36.4 Å². The third-order valence-electron chi connectivity index (χ3n) is 4.79. The molecular weight excluding hydrogens is 414 g/mol. The highest BCUT2D eigenvalue weighted by Gasteiger charge is 2.33. The van der Waals surface area contributed by atoms with Crippen molar-refractivity contribution >= 4 is 51.5 Å². The topological polar surface area (TPSA) is 87.0 Å². The average molecular weight is 434 g/mol. The van der Waals surface area contributed by atoms with Gasteiger partial charge in [0, 0.05) is 29.8 Å². The van der Waals surface area contributed by atoms with E-state index in [1.807, 2.05) is 54.6 Å². The Hall–Kier alpha value is -3.36. The Balaban J connectivity index is 1.73. The second-order valence-corrected chi connectivity index (χ2v) is 7.90. The van der Waals surface area contributed by atoms with Gasteiger partial charge in [-0.3, -0.25) is 9.69 Å². The standard InChI is InChI=1S/C23H21N3O4S/c1-30-12-11-26-22(29)20(31-23(26)24-17-7-3-2-4-8-17)13-16-14-25(15-21(27)28)19-10-6-5-9-18(16)19/h2-10,13-14H,11-12,15H2,1H3,(H,27,28)/p-1/b20-13-,24-23?. The molecule has 31 heavy (non-hydrogen) atoms. The molecule has 0 saturated carbocycles. The molecule has 3 aromatic rings. The molecular formula is C23H20N3O4S-. The summed E-state index contributed by atoms with van der Waals surface area (Å²) in [7, 11) is 1.59. The number of nitrogens with zero attached hydrogens (tertiary/aromatic N) is 3. The summed E-state index contributed by atoms with van der Waals surface area (Å²) < 4.78 is 6.77. The first kappa shape index (κ1) is 20.9. The van der Waals surface area contributed by atoms with Crippen LogP contribution in [0.2, 0.25) is 0 Å². The number of methoxy groups -OCH3 is 1. The maximum Gasteiger partial charge on any atom is 0.266 e. The van der Waals surface area contributed by atoms with Crippen LogP contribution in [0, 0.1) is 0 Å². The van der Waals surface area contributed by atoms with Crippen LogP contribution < -0.4 is 5.11 Å². The highest BCUT2D eigenvalue weighted by atomic mass is 32.2. The molecule has 0 atom stereocenters. The molecule has 1 fully saturated rings. The number of benzene rings is 2. The number of amidine groups is 1. The predicted octanol–water partition coefficient (Wildman–Crippen LogP) is 2.64. The molecule has 1 amide bonds. The van der Waals surface area contributed by atoms with Crippen LogP contribution in [0.5, 0.6) is 0 Å². The van der Waals surface area contributed by atoms with Crippen molar-refractivity contribution in [2.45, 2.75) is 6.54 Å². The zero-order valence-electron chi connectivity index (χ0n) is 16.9. The first-order chi connectivity index (χ1) is 15.1. The Labute approximate surface area is 183 Å². The molecule has 1 saturated heterocycles. The zero-order valence-corrected chi connectivity index (χ0v) is 17.7. The van der Waals surface area contributed by atoms with Crippen molar-refractivity contribution in [1.82, 2.24) is 9.47 Å². The van der Waals surface area contributed by atoms with E-state index in [0.717, 1.165) is 22.2 Å². The first-order valence-electron chi connectivity index (χ1n) is 9.68.